The normalized spacial score (nSPS) is 16.2. The monoisotopic (exact) mass is 503 g/mol. The Balaban J connectivity index is 2.51. The van der Waals surface area contributed by atoms with Gasteiger partial charge in [-0.2, -0.15) is 13.7 Å². The second kappa shape index (κ2) is 9.56. The first kappa shape index (κ1) is 24.8. The van der Waals surface area contributed by atoms with Crippen LogP contribution in [0, 0.1) is 11.3 Å². The van der Waals surface area contributed by atoms with E-state index in [0.29, 0.717) is 5.56 Å². The largest absolute Gasteiger partial charge is 0.466 e. The third-order valence-corrected chi connectivity index (χ3v) is 6.17. The maximum atomic E-state index is 13.0. The Morgan fingerprint density at radius 3 is 2.26 bits per heavy atom. The van der Waals surface area contributed by atoms with Crippen molar-refractivity contribution in [2.75, 3.05) is 19.1 Å². The van der Waals surface area contributed by atoms with Gasteiger partial charge in [0.1, 0.15) is 16.4 Å². The molecule has 0 amide bonds. The standard InChI is InChI=1S/C22H18ClN3O7S/c1-32-21(27)18-17(12-6-4-3-5-7-12)14(11-24)20(25)26(19(18)22(28)33-2)15-9-8-13(23)10-16(15)34(29,30)31/h3-10,17H,25H2,1-2H3,(H,29,30,31). The van der Waals surface area contributed by atoms with Crippen molar-refractivity contribution in [2.45, 2.75) is 10.8 Å². The van der Waals surface area contributed by atoms with Crippen LogP contribution in [0.25, 0.3) is 0 Å². The van der Waals surface area contributed by atoms with Gasteiger partial charge in [0.25, 0.3) is 10.1 Å². The minimum atomic E-state index is -4.90. The fourth-order valence-electron chi connectivity index (χ4n) is 3.64. The van der Waals surface area contributed by atoms with Crippen LogP contribution in [-0.2, 0) is 29.2 Å². The molecule has 1 aliphatic rings. The van der Waals surface area contributed by atoms with E-state index < -0.39 is 38.6 Å². The van der Waals surface area contributed by atoms with Crippen molar-refractivity contribution in [2.24, 2.45) is 5.73 Å². The van der Waals surface area contributed by atoms with Crippen molar-refractivity contribution in [3.05, 3.63) is 81.8 Å². The number of benzene rings is 2. The van der Waals surface area contributed by atoms with Crippen LogP contribution in [0.15, 0.2) is 76.1 Å². The molecule has 1 atom stereocenters. The minimum absolute atomic E-state index is 0.0459. The maximum absolute atomic E-state index is 13.0. The summed E-state index contributed by atoms with van der Waals surface area (Å²) in [5, 5.41) is 9.95. The van der Waals surface area contributed by atoms with E-state index in [0.717, 1.165) is 31.3 Å². The Morgan fingerprint density at radius 2 is 1.74 bits per heavy atom. The quantitative estimate of drug-likeness (QED) is 0.458. The van der Waals surface area contributed by atoms with Gasteiger partial charge in [-0.25, -0.2) is 9.59 Å². The molecule has 3 N–H and O–H groups in total. The highest BCUT2D eigenvalue weighted by Crippen LogP contribution is 2.44. The van der Waals surface area contributed by atoms with Crippen molar-refractivity contribution < 1.29 is 32.0 Å². The number of ether oxygens (including phenoxy) is 2. The average molecular weight is 504 g/mol. The lowest BCUT2D eigenvalue weighted by Crippen LogP contribution is -2.41. The molecule has 0 spiro atoms. The first-order valence-electron chi connectivity index (χ1n) is 9.49. The van der Waals surface area contributed by atoms with E-state index in [1.165, 1.54) is 6.07 Å². The molecule has 2 aromatic rings. The summed E-state index contributed by atoms with van der Waals surface area (Å²) < 4.78 is 43.9. The van der Waals surface area contributed by atoms with Crippen molar-refractivity contribution in [3.63, 3.8) is 0 Å². The Kier molecular flexibility index (Phi) is 6.97. The number of halogens is 1. The summed E-state index contributed by atoms with van der Waals surface area (Å²) in [5.74, 6) is -3.55. The van der Waals surface area contributed by atoms with Crippen LogP contribution in [0.4, 0.5) is 5.69 Å². The summed E-state index contributed by atoms with van der Waals surface area (Å²) in [6, 6.07) is 13.6. The summed E-state index contributed by atoms with van der Waals surface area (Å²) in [5.41, 5.74) is 5.43. The Bertz CT molecular complexity index is 1380. The molecule has 1 heterocycles. The highest BCUT2D eigenvalue weighted by Gasteiger charge is 2.44. The van der Waals surface area contributed by atoms with E-state index in [9.17, 15) is 27.8 Å². The Hall–Kier alpha value is -3.85. The predicted octanol–water partition coefficient (Wildman–Crippen LogP) is 2.48. The molecule has 1 unspecified atom stereocenters. The lowest BCUT2D eigenvalue weighted by atomic mass is 9.81. The number of carbonyl (C=O) groups is 2. The van der Waals surface area contributed by atoms with Gasteiger partial charge >= 0.3 is 11.9 Å². The van der Waals surface area contributed by atoms with Crippen molar-refractivity contribution in [1.82, 2.24) is 0 Å². The number of esters is 2. The van der Waals surface area contributed by atoms with E-state index in [-0.39, 0.29) is 27.7 Å². The lowest BCUT2D eigenvalue weighted by molar-refractivity contribution is -0.139. The van der Waals surface area contributed by atoms with Crippen LogP contribution >= 0.6 is 11.6 Å². The van der Waals surface area contributed by atoms with E-state index in [1.54, 1.807) is 30.3 Å². The molecule has 176 valence electrons. The molecule has 0 aromatic heterocycles. The van der Waals surface area contributed by atoms with Gasteiger partial charge < -0.3 is 15.2 Å². The summed E-state index contributed by atoms with van der Waals surface area (Å²) >= 11 is 5.92. The number of hydrogen-bond donors (Lipinski definition) is 2. The van der Waals surface area contributed by atoms with E-state index in [4.69, 9.17) is 26.8 Å². The molecule has 0 radical (unpaired) electrons. The highest BCUT2D eigenvalue weighted by atomic mass is 35.5. The first-order chi connectivity index (χ1) is 16.1. The minimum Gasteiger partial charge on any atom is -0.466 e. The number of nitriles is 1. The van der Waals surface area contributed by atoms with Gasteiger partial charge in [0.2, 0.25) is 0 Å². The molecule has 1 aliphatic heterocycles. The summed E-state index contributed by atoms with van der Waals surface area (Å²) in [4.78, 5) is 26.1. The number of anilines is 1. The molecule has 0 fully saturated rings. The fraction of sp³-hybridized carbons (Fsp3) is 0.136. The van der Waals surface area contributed by atoms with Gasteiger partial charge in [0.05, 0.1) is 43.0 Å². The average Bonchev–Trinajstić information content (AvgIpc) is 2.82. The van der Waals surface area contributed by atoms with Crippen LogP contribution in [0.1, 0.15) is 11.5 Å². The van der Waals surface area contributed by atoms with E-state index >= 15 is 0 Å². The zero-order chi connectivity index (χ0) is 25.2. The SMILES string of the molecule is COC(=O)C1=C(C(=O)OC)N(c2ccc(Cl)cc2S(=O)(=O)O)C(N)=C(C#N)C1c1ccccc1. The maximum Gasteiger partial charge on any atom is 0.355 e. The number of carbonyl (C=O) groups excluding carboxylic acids is 2. The molecule has 0 saturated heterocycles. The van der Waals surface area contributed by atoms with Gasteiger partial charge in [-0.1, -0.05) is 41.9 Å². The second-order valence-electron chi connectivity index (χ2n) is 6.92. The zero-order valence-electron chi connectivity index (χ0n) is 17.9. The highest BCUT2D eigenvalue weighted by molar-refractivity contribution is 7.86. The van der Waals surface area contributed by atoms with Crippen molar-refractivity contribution in [3.8, 4) is 6.07 Å². The van der Waals surface area contributed by atoms with Crippen LogP contribution in [0.5, 0.6) is 0 Å². The number of allylic oxidation sites excluding steroid dienone is 1. The van der Waals surface area contributed by atoms with Gasteiger partial charge in [-0.3, -0.25) is 9.45 Å². The number of nitrogens with two attached hydrogens (primary N) is 1. The summed E-state index contributed by atoms with van der Waals surface area (Å²) in [6.07, 6.45) is 0. The van der Waals surface area contributed by atoms with Crippen LogP contribution in [0.3, 0.4) is 0 Å². The molecular weight excluding hydrogens is 486 g/mol. The van der Waals surface area contributed by atoms with Crippen molar-refractivity contribution in [1.29, 1.82) is 5.26 Å². The fourth-order valence-corrected chi connectivity index (χ4v) is 4.58. The molecule has 0 bridgehead atoms. The lowest BCUT2D eigenvalue weighted by Gasteiger charge is -2.36. The summed E-state index contributed by atoms with van der Waals surface area (Å²) in [7, 11) is -2.77. The Morgan fingerprint density at radius 1 is 1.12 bits per heavy atom. The van der Waals surface area contributed by atoms with Crippen LogP contribution < -0.4 is 10.6 Å². The molecular formula is C22H18ClN3O7S. The van der Waals surface area contributed by atoms with E-state index in [2.05, 4.69) is 0 Å². The summed E-state index contributed by atoms with van der Waals surface area (Å²) in [6.45, 7) is 0. The molecule has 3 rings (SSSR count). The number of nitrogens with zero attached hydrogens (tertiary/aromatic N) is 2. The Labute approximate surface area is 200 Å². The van der Waals surface area contributed by atoms with Gasteiger partial charge in [-0.05, 0) is 23.8 Å². The predicted molar refractivity (Wildman–Crippen MR) is 121 cm³/mol. The van der Waals surface area contributed by atoms with Crippen LogP contribution in [-0.4, -0.2) is 39.1 Å². The number of rotatable bonds is 5. The molecule has 12 heteroatoms. The molecule has 2 aromatic carbocycles. The first-order valence-corrected chi connectivity index (χ1v) is 11.3. The molecule has 34 heavy (non-hydrogen) atoms. The molecule has 0 aliphatic carbocycles. The molecule has 10 nitrogen and oxygen atoms in total. The number of methoxy groups -OCH3 is 2. The smallest absolute Gasteiger partial charge is 0.355 e. The van der Waals surface area contributed by atoms with Gasteiger partial charge in [-0.15, -0.1) is 0 Å². The number of hydrogen-bond acceptors (Lipinski definition) is 9. The van der Waals surface area contributed by atoms with Gasteiger partial charge in [0.15, 0.2) is 0 Å². The van der Waals surface area contributed by atoms with E-state index in [1.807, 2.05) is 6.07 Å². The topological polar surface area (TPSA) is 160 Å². The van der Waals surface area contributed by atoms with Crippen molar-refractivity contribution >= 4 is 39.3 Å². The van der Waals surface area contributed by atoms with Gasteiger partial charge in [0, 0.05) is 5.02 Å². The van der Waals surface area contributed by atoms with Crippen LogP contribution in [0.2, 0.25) is 5.02 Å². The molecule has 0 saturated carbocycles. The third kappa shape index (κ3) is 4.34. The second-order valence-corrected chi connectivity index (χ2v) is 8.75. The zero-order valence-corrected chi connectivity index (χ0v) is 19.4. The third-order valence-electron chi connectivity index (χ3n) is 5.05.